The number of esters is 1. The molecule has 0 amide bonds. The second kappa shape index (κ2) is 5.36. The van der Waals surface area contributed by atoms with Crippen molar-refractivity contribution in [2.24, 2.45) is 0 Å². The van der Waals surface area contributed by atoms with Crippen LogP contribution in [0.15, 0.2) is 0 Å². The summed E-state index contributed by atoms with van der Waals surface area (Å²) >= 11 is 0. The number of carbonyl (C=O) groups is 1. The molecule has 0 aromatic carbocycles. The Bertz CT molecular complexity index is 283. The van der Waals surface area contributed by atoms with Gasteiger partial charge in [0.05, 0.1) is 13.5 Å². The molecule has 0 N–H and O–H groups in total. The van der Waals surface area contributed by atoms with Gasteiger partial charge < -0.3 is 4.74 Å². The van der Waals surface area contributed by atoms with E-state index in [4.69, 9.17) is 4.74 Å². The fourth-order valence-electron chi connectivity index (χ4n) is 3.19. The first-order chi connectivity index (χ1) is 8.11. The maximum atomic E-state index is 11.3. The Balaban J connectivity index is 1.92. The summed E-state index contributed by atoms with van der Waals surface area (Å²) in [7, 11) is 3.71. The lowest BCUT2D eigenvalue weighted by molar-refractivity contribution is -0.141. The number of carbonyl (C=O) groups excluding carboxylic acids is 1. The highest BCUT2D eigenvalue weighted by molar-refractivity contribution is 5.69. The van der Waals surface area contributed by atoms with Gasteiger partial charge in [-0.3, -0.25) is 14.6 Å². The third-order valence-electron chi connectivity index (χ3n) is 4.49. The van der Waals surface area contributed by atoms with Crippen LogP contribution in [-0.2, 0) is 9.53 Å². The Morgan fingerprint density at radius 2 is 2.06 bits per heavy atom. The van der Waals surface area contributed by atoms with Crippen LogP contribution in [0.4, 0.5) is 0 Å². The molecule has 4 nitrogen and oxygen atoms in total. The summed E-state index contributed by atoms with van der Waals surface area (Å²) < 4.78 is 4.75. The van der Waals surface area contributed by atoms with Gasteiger partial charge in [0, 0.05) is 24.7 Å². The van der Waals surface area contributed by atoms with Crippen LogP contribution in [0.3, 0.4) is 0 Å². The van der Waals surface area contributed by atoms with Gasteiger partial charge in [-0.2, -0.15) is 0 Å². The van der Waals surface area contributed by atoms with Crippen molar-refractivity contribution in [2.45, 2.75) is 50.7 Å². The van der Waals surface area contributed by atoms with Crippen molar-refractivity contribution < 1.29 is 9.53 Å². The number of likely N-dealkylation sites (tertiary alicyclic amines) is 1. The van der Waals surface area contributed by atoms with Crippen LogP contribution in [0.5, 0.6) is 0 Å². The average molecular weight is 240 g/mol. The summed E-state index contributed by atoms with van der Waals surface area (Å²) in [6, 6.07) is 1.74. The number of fused-ring (bicyclic) bond motifs is 2. The first-order valence-corrected chi connectivity index (χ1v) is 6.64. The molecule has 98 valence electrons. The summed E-state index contributed by atoms with van der Waals surface area (Å²) in [5, 5.41) is 0. The SMILES string of the molecule is COC(=O)CC(C)N1CCC2CCC(C1)N2C. The molecule has 2 bridgehead atoms. The fraction of sp³-hybridized carbons (Fsp3) is 0.923. The molecule has 0 aliphatic carbocycles. The minimum atomic E-state index is -0.0970. The number of hydrogen-bond acceptors (Lipinski definition) is 4. The zero-order valence-electron chi connectivity index (χ0n) is 11.2. The minimum absolute atomic E-state index is 0.0970. The molecular weight excluding hydrogens is 216 g/mol. The zero-order chi connectivity index (χ0) is 12.4. The van der Waals surface area contributed by atoms with Gasteiger partial charge in [0.15, 0.2) is 0 Å². The molecule has 2 saturated heterocycles. The molecule has 0 radical (unpaired) electrons. The summed E-state index contributed by atoms with van der Waals surface area (Å²) in [4.78, 5) is 16.3. The average Bonchev–Trinajstić information content (AvgIpc) is 2.52. The predicted molar refractivity (Wildman–Crippen MR) is 66.9 cm³/mol. The van der Waals surface area contributed by atoms with Crippen LogP contribution < -0.4 is 0 Å². The van der Waals surface area contributed by atoms with Crippen LogP contribution >= 0.6 is 0 Å². The third-order valence-corrected chi connectivity index (χ3v) is 4.49. The first kappa shape index (κ1) is 12.8. The second-order valence-corrected chi connectivity index (χ2v) is 5.46. The van der Waals surface area contributed by atoms with Crippen molar-refractivity contribution in [2.75, 3.05) is 27.2 Å². The van der Waals surface area contributed by atoms with Gasteiger partial charge in [0.1, 0.15) is 0 Å². The van der Waals surface area contributed by atoms with Gasteiger partial charge >= 0.3 is 5.97 Å². The van der Waals surface area contributed by atoms with E-state index in [-0.39, 0.29) is 5.97 Å². The Morgan fingerprint density at radius 3 is 2.76 bits per heavy atom. The maximum Gasteiger partial charge on any atom is 0.307 e. The summed E-state index contributed by atoms with van der Waals surface area (Å²) in [6.45, 7) is 4.35. The maximum absolute atomic E-state index is 11.3. The van der Waals surface area contributed by atoms with Gasteiger partial charge in [0.25, 0.3) is 0 Å². The van der Waals surface area contributed by atoms with E-state index in [9.17, 15) is 4.79 Å². The third kappa shape index (κ3) is 2.80. The molecule has 0 aromatic heterocycles. The predicted octanol–water partition coefficient (Wildman–Crippen LogP) is 1.11. The molecule has 4 heteroatoms. The van der Waals surface area contributed by atoms with Crippen LogP contribution in [-0.4, -0.2) is 61.1 Å². The highest BCUT2D eigenvalue weighted by Gasteiger charge is 2.35. The van der Waals surface area contributed by atoms with Gasteiger partial charge in [0.2, 0.25) is 0 Å². The Morgan fingerprint density at radius 1 is 1.35 bits per heavy atom. The van der Waals surface area contributed by atoms with Gasteiger partial charge in [-0.1, -0.05) is 0 Å². The molecule has 0 spiro atoms. The molecule has 17 heavy (non-hydrogen) atoms. The minimum Gasteiger partial charge on any atom is -0.469 e. The number of methoxy groups -OCH3 is 1. The lowest BCUT2D eigenvalue weighted by atomic mass is 10.1. The Kier molecular flexibility index (Phi) is 4.05. The molecule has 2 aliphatic heterocycles. The van der Waals surface area contributed by atoms with Gasteiger partial charge in [-0.15, -0.1) is 0 Å². The largest absolute Gasteiger partial charge is 0.469 e. The van der Waals surface area contributed by atoms with E-state index in [0.717, 1.165) is 19.1 Å². The molecule has 2 fully saturated rings. The van der Waals surface area contributed by atoms with Crippen LogP contribution in [0, 0.1) is 0 Å². The Hall–Kier alpha value is -0.610. The highest BCUT2D eigenvalue weighted by Crippen LogP contribution is 2.29. The van der Waals surface area contributed by atoms with E-state index in [1.165, 1.54) is 26.4 Å². The van der Waals surface area contributed by atoms with E-state index in [0.29, 0.717) is 18.5 Å². The number of hydrogen-bond donors (Lipinski definition) is 0. The molecule has 2 heterocycles. The highest BCUT2D eigenvalue weighted by atomic mass is 16.5. The Labute approximate surface area is 104 Å². The summed E-state index contributed by atoms with van der Waals surface area (Å²) in [5.74, 6) is -0.0970. The van der Waals surface area contributed by atoms with Crippen molar-refractivity contribution in [3.8, 4) is 0 Å². The molecule has 2 aliphatic rings. The fourth-order valence-corrected chi connectivity index (χ4v) is 3.19. The van der Waals surface area contributed by atoms with E-state index >= 15 is 0 Å². The normalized spacial score (nSPS) is 32.2. The summed E-state index contributed by atoms with van der Waals surface area (Å²) in [5.41, 5.74) is 0. The van der Waals surface area contributed by atoms with Crippen LogP contribution in [0.25, 0.3) is 0 Å². The lowest BCUT2D eigenvalue weighted by Crippen LogP contribution is -2.41. The molecule has 2 rings (SSSR count). The first-order valence-electron chi connectivity index (χ1n) is 6.64. The molecule has 0 aromatic rings. The van der Waals surface area contributed by atoms with Gasteiger partial charge in [-0.05, 0) is 39.8 Å². The van der Waals surface area contributed by atoms with Crippen molar-refractivity contribution >= 4 is 5.97 Å². The van der Waals surface area contributed by atoms with Crippen molar-refractivity contribution in [3.63, 3.8) is 0 Å². The van der Waals surface area contributed by atoms with E-state index in [1.54, 1.807) is 0 Å². The molecule has 3 atom stereocenters. The number of nitrogens with zero attached hydrogens (tertiary/aromatic N) is 2. The van der Waals surface area contributed by atoms with E-state index in [1.807, 2.05) is 0 Å². The number of rotatable bonds is 3. The molecule has 3 unspecified atom stereocenters. The summed E-state index contributed by atoms with van der Waals surface area (Å²) in [6.07, 6.45) is 4.40. The number of ether oxygens (including phenoxy) is 1. The van der Waals surface area contributed by atoms with Crippen molar-refractivity contribution in [1.82, 2.24) is 9.80 Å². The zero-order valence-corrected chi connectivity index (χ0v) is 11.2. The quantitative estimate of drug-likeness (QED) is 0.692. The number of likely N-dealkylation sites (N-methyl/N-ethyl adjacent to an activating group) is 1. The van der Waals surface area contributed by atoms with Crippen LogP contribution in [0.1, 0.15) is 32.6 Å². The topological polar surface area (TPSA) is 32.8 Å². The monoisotopic (exact) mass is 240 g/mol. The van der Waals surface area contributed by atoms with Crippen LogP contribution in [0.2, 0.25) is 0 Å². The van der Waals surface area contributed by atoms with Crippen molar-refractivity contribution in [1.29, 1.82) is 0 Å². The lowest BCUT2D eigenvalue weighted by Gasteiger charge is -2.30. The molecule has 0 saturated carbocycles. The van der Waals surface area contributed by atoms with E-state index < -0.39 is 0 Å². The standard InChI is InChI=1S/C13H24N2O2/c1-10(8-13(16)17-3)15-7-6-11-4-5-12(9-15)14(11)2/h10-12H,4-9H2,1-3H3. The second-order valence-electron chi connectivity index (χ2n) is 5.46. The van der Waals surface area contributed by atoms with E-state index in [2.05, 4.69) is 23.8 Å². The van der Waals surface area contributed by atoms with Crippen molar-refractivity contribution in [3.05, 3.63) is 0 Å². The smallest absolute Gasteiger partial charge is 0.307 e. The molecular formula is C13H24N2O2. The van der Waals surface area contributed by atoms with Gasteiger partial charge in [-0.25, -0.2) is 0 Å².